The maximum Gasteiger partial charge on any atom is 0.0830 e. The number of halogens is 1. The van der Waals surface area contributed by atoms with E-state index in [9.17, 15) is 4.39 Å². The highest BCUT2D eigenvalue weighted by Crippen LogP contribution is 2.21. The fourth-order valence-electron chi connectivity index (χ4n) is 2.63. The van der Waals surface area contributed by atoms with Gasteiger partial charge >= 0.3 is 0 Å². The van der Waals surface area contributed by atoms with Gasteiger partial charge in [0, 0.05) is 0 Å². The second kappa shape index (κ2) is 9.19. The first-order valence-electron chi connectivity index (χ1n) is 8.27. The van der Waals surface area contributed by atoms with Gasteiger partial charge in [0.05, 0.1) is 6.33 Å². The lowest BCUT2D eigenvalue weighted by molar-refractivity contribution is 0.667. The summed E-state index contributed by atoms with van der Waals surface area (Å²) < 4.78 is 12.0. The molecule has 0 saturated carbocycles. The van der Waals surface area contributed by atoms with Gasteiger partial charge in [0.25, 0.3) is 0 Å². The first-order chi connectivity index (χ1) is 10.8. The van der Waals surface area contributed by atoms with Crippen molar-refractivity contribution >= 4 is 0 Å². The van der Waals surface area contributed by atoms with Crippen LogP contribution in [-0.2, 0) is 12.8 Å². The standard InChI is InChI=1S/C21H25F/c1-2-3-4-5-7-18-9-13-20(14-10-18)21-15-11-19(12-16-21)8-6-17-22/h6,9-17H,2-5,7-8H2,1H3/b17-6+. The molecule has 0 aliphatic heterocycles. The monoisotopic (exact) mass is 296 g/mol. The Hall–Kier alpha value is -1.89. The minimum absolute atomic E-state index is 0.604. The van der Waals surface area contributed by atoms with Crippen molar-refractivity contribution in [3.63, 3.8) is 0 Å². The lowest BCUT2D eigenvalue weighted by Gasteiger charge is -2.06. The zero-order valence-corrected chi connectivity index (χ0v) is 13.4. The molecule has 0 aliphatic rings. The van der Waals surface area contributed by atoms with E-state index in [1.807, 2.05) is 0 Å². The molecule has 0 aliphatic carbocycles. The van der Waals surface area contributed by atoms with E-state index < -0.39 is 0 Å². The molecule has 0 atom stereocenters. The highest BCUT2D eigenvalue weighted by Gasteiger charge is 1.99. The van der Waals surface area contributed by atoms with Gasteiger partial charge in [-0.2, -0.15) is 0 Å². The molecular weight excluding hydrogens is 271 g/mol. The highest BCUT2D eigenvalue weighted by atomic mass is 19.1. The maximum absolute atomic E-state index is 12.0. The van der Waals surface area contributed by atoms with E-state index in [0.717, 1.165) is 5.56 Å². The van der Waals surface area contributed by atoms with Crippen LogP contribution in [0.4, 0.5) is 4.39 Å². The minimum Gasteiger partial charge on any atom is -0.216 e. The molecule has 0 amide bonds. The van der Waals surface area contributed by atoms with E-state index in [4.69, 9.17) is 0 Å². The van der Waals surface area contributed by atoms with Gasteiger partial charge in [-0.3, -0.25) is 0 Å². The molecule has 0 bridgehead atoms. The van der Waals surface area contributed by atoms with Crippen molar-refractivity contribution in [1.82, 2.24) is 0 Å². The minimum atomic E-state index is 0.604. The molecule has 1 heteroatoms. The Morgan fingerprint density at radius 2 is 1.36 bits per heavy atom. The quantitative estimate of drug-likeness (QED) is 0.488. The normalized spacial score (nSPS) is 11.2. The fourth-order valence-corrected chi connectivity index (χ4v) is 2.63. The number of allylic oxidation sites excluding steroid dienone is 1. The van der Waals surface area contributed by atoms with Gasteiger partial charge in [0.1, 0.15) is 0 Å². The summed E-state index contributed by atoms with van der Waals surface area (Å²) in [4.78, 5) is 0. The SMILES string of the molecule is CCCCCCc1ccc(-c2ccc(C/C=C/F)cc2)cc1. The number of benzene rings is 2. The van der Waals surface area contributed by atoms with Crippen molar-refractivity contribution in [3.8, 4) is 11.1 Å². The number of rotatable bonds is 8. The van der Waals surface area contributed by atoms with Gasteiger partial charge in [-0.1, -0.05) is 80.8 Å². The van der Waals surface area contributed by atoms with Crippen LogP contribution in [-0.4, -0.2) is 0 Å². The molecule has 0 unspecified atom stereocenters. The van der Waals surface area contributed by atoms with Crippen molar-refractivity contribution in [2.24, 2.45) is 0 Å². The lowest BCUT2D eigenvalue weighted by atomic mass is 10.00. The van der Waals surface area contributed by atoms with Gasteiger partial charge < -0.3 is 0 Å². The van der Waals surface area contributed by atoms with E-state index in [-0.39, 0.29) is 0 Å². The topological polar surface area (TPSA) is 0 Å². The fraction of sp³-hybridized carbons (Fsp3) is 0.333. The summed E-state index contributed by atoms with van der Waals surface area (Å²) in [7, 11) is 0. The summed E-state index contributed by atoms with van der Waals surface area (Å²) in [5, 5.41) is 0. The van der Waals surface area contributed by atoms with E-state index in [0.29, 0.717) is 12.8 Å². The van der Waals surface area contributed by atoms with E-state index in [1.54, 1.807) is 0 Å². The molecule has 116 valence electrons. The molecule has 0 nitrogen and oxygen atoms in total. The summed E-state index contributed by atoms with van der Waals surface area (Å²) >= 11 is 0. The Kier molecular flexibility index (Phi) is 6.89. The second-order valence-corrected chi connectivity index (χ2v) is 5.77. The van der Waals surface area contributed by atoms with Crippen LogP contribution in [0.3, 0.4) is 0 Å². The van der Waals surface area contributed by atoms with Gasteiger partial charge in [-0.05, 0) is 41.5 Å². The van der Waals surface area contributed by atoms with Crippen LogP contribution in [0, 0.1) is 0 Å². The van der Waals surface area contributed by atoms with Crippen molar-refractivity contribution in [1.29, 1.82) is 0 Å². The van der Waals surface area contributed by atoms with E-state index >= 15 is 0 Å². The molecule has 2 aromatic rings. The molecular formula is C21H25F. The third kappa shape index (κ3) is 5.14. The summed E-state index contributed by atoms with van der Waals surface area (Å²) in [6.07, 6.45) is 9.19. The van der Waals surface area contributed by atoms with Crippen LogP contribution in [0.1, 0.15) is 43.7 Å². The van der Waals surface area contributed by atoms with Crippen molar-refractivity contribution < 1.29 is 4.39 Å². The van der Waals surface area contributed by atoms with Crippen molar-refractivity contribution in [2.75, 3.05) is 0 Å². The largest absolute Gasteiger partial charge is 0.216 e. The Morgan fingerprint density at radius 1 is 0.773 bits per heavy atom. The predicted molar refractivity (Wildman–Crippen MR) is 93.7 cm³/mol. The Balaban J connectivity index is 1.94. The third-order valence-corrected chi connectivity index (χ3v) is 4.00. The lowest BCUT2D eigenvalue weighted by Crippen LogP contribution is -1.87. The van der Waals surface area contributed by atoms with Gasteiger partial charge in [-0.15, -0.1) is 0 Å². The number of aryl methyl sites for hydroxylation is 1. The number of unbranched alkanes of at least 4 members (excludes halogenated alkanes) is 3. The molecule has 2 rings (SSSR count). The Labute approximate surface area is 133 Å². The first-order valence-corrected chi connectivity index (χ1v) is 8.27. The maximum atomic E-state index is 12.0. The molecule has 0 heterocycles. The number of hydrogen-bond donors (Lipinski definition) is 0. The summed E-state index contributed by atoms with van der Waals surface area (Å²) in [6.45, 7) is 2.24. The van der Waals surface area contributed by atoms with Gasteiger partial charge in [0.2, 0.25) is 0 Å². The zero-order valence-electron chi connectivity index (χ0n) is 13.4. The van der Waals surface area contributed by atoms with Gasteiger partial charge in [0.15, 0.2) is 0 Å². The molecule has 22 heavy (non-hydrogen) atoms. The number of hydrogen-bond acceptors (Lipinski definition) is 0. The average Bonchev–Trinajstić information content (AvgIpc) is 2.58. The summed E-state index contributed by atoms with van der Waals surface area (Å²) in [5.74, 6) is 0. The van der Waals surface area contributed by atoms with Crippen LogP contribution in [0.2, 0.25) is 0 Å². The molecule has 0 saturated heterocycles. The molecule has 0 radical (unpaired) electrons. The highest BCUT2D eigenvalue weighted by molar-refractivity contribution is 5.64. The van der Waals surface area contributed by atoms with Crippen LogP contribution in [0.15, 0.2) is 60.9 Å². The summed E-state index contributed by atoms with van der Waals surface area (Å²) in [5.41, 5.74) is 5.00. The molecule has 0 aromatic heterocycles. The molecule has 0 fully saturated rings. The smallest absolute Gasteiger partial charge is 0.0830 e. The second-order valence-electron chi connectivity index (χ2n) is 5.77. The van der Waals surface area contributed by atoms with E-state index in [1.165, 1.54) is 54.9 Å². The Morgan fingerprint density at radius 3 is 1.91 bits per heavy atom. The average molecular weight is 296 g/mol. The van der Waals surface area contributed by atoms with Crippen LogP contribution in [0.5, 0.6) is 0 Å². The molecule has 2 aromatic carbocycles. The third-order valence-electron chi connectivity index (χ3n) is 4.00. The van der Waals surface area contributed by atoms with Crippen LogP contribution < -0.4 is 0 Å². The predicted octanol–water partition coefficient (Wildman–Crippen LogP) is 6.50. The van der Waals surface area contributed by atoms with Gasteiger partial charge in [-0.25, -0.2) is 4.39 Å². The Bertz CT molecular complexity index is 564. The van der Waals surface area contributed by atoms with Crippen LogP contribution in [0.25, 0.3) is 11.1 Å². The summed E-state index contributed by atoms with van der Waals surface area (Å²) in [6, 6.07) is 17.2. The zero-order chi connectivity index (χ0) is 15.6. The molecule has 0 N–H and O–H groups in total. The molecule has 0 spiro atoms. The van der Waals surface area contributed by atoms with Crippen molar-refractivity contribution in [2.45, 2.75) is 45.4 Å². The first kappa shape index (κ1) is 16.5. The van der Waals surface area contributed by atoms with Crippen LogP contribution >= 0.6 is 0 Å². The van der Waals surface area contributed by atoms with E-state index in [2.05, 4.69) is 55.5 Å². The van der Waals surface area contributed by atoms with Crippen molar-refractivity contribution in [3.05, 3.63) is 72.1 Å².